The summed E-state index contributed by atoms with van der Waals surface area (Å²) in [5, 5.41) is 16.6. The lowest BCUT2D eigenvalue weighted by Gasteiger charge is -2.13. The van der Waals surface area contributed by atoms with Crippen LogP contribution < -0.4 is 16.2 Å². The highest BCUT2D eigenvalue weighted by atomic mass is 16.5. The molecule has 0 aromatic heterocycles. The lowest BCUT2D eigenvalue weighted by Crippen LogP contribution is -2.39. The number of aliphatic hydroxyl groups is 1. The van der Waals surface area contributed by atoms with Gasteiger partial charge in [-0.2, -0.15) is 0 Å². The van der Waals surface area contributed by atoms with E-state index in [-0.39, 0.29) is 6.04 Å². The van der Waals surface area contributed by atoms with Crippen LogP contribution in [0.15, 0.2) is 18.2 Å². The van der Waals surface area contributed by atoms with Gasteiger partial charge >= 0.3 is 5.97 Å². The van der Waals surface area contributed by atoms with Crippen molar-refractivity contribution in [2.24, 2.45) is 11.5 Å². The van der Waals surface area contributed by atoms with Gasteiger partial charge in [-0.15, -0.1) is 0 Å². The average molecular weight is 298 g/mol. The molecule has 0 aliphatic heterocycles. The number of carboxylic acids is 1. The summed E-state index contributed by atoms with van der Waals surface area (Å²) < 4.78 is 5.60. The number of hydrogen-bond acceptors (Lipinski definition) is 5. The van der Waals surface area contributed by atoms with Crippen molar-refractivity contribution < 1.29 is 19.7 Å². The predicted octanol–water partition coefficient (Wildman–Crippen LogP) is 0.809. The number of benzene rings is 1. The van der Waals surface area contributed by atoms with Crippen LogP contribution in [0, 0.1) is 13.8 Å². The maximum absolute atomic E-state index is 9.86. The Kier molecular flexibility index (Phi) is 8.61. The van der Waals surface area contributed by atoms with Gasteiger partial charge in [0.15, 0.2) is 0 Å². The molecule has 3 atom stereocenters. The highest BCUT2D eigenvalue weighted by Crippen LogP contribution is 2.22. The molecular weight excluding hydrogens is 272 g/mol. The van der Waals surface area contributed by atoms with Crippen LogP contribution in [0.1, 0.15) is 25.0 Å². The van der Waals surface area contributed by atoms with E-state index >= 15 is 0 Å². The lowest BCUT2D eigenvalue weighted by molar-refractivity contribution is -0.140. The zero-order valence-corrected chi connectivity index (χ0v) is 13.0. The first-order valence-corrected chi connectivity index (χ1v) is 6.77. The minimum atomic E-state index is -1.18. The Bertz CT molecular complexity index is 427. The van der Waals surface area contributed by atoms with Crippen molar-refractivity contribution in [1.29, 1.82) is 0 Å². The summed E-state index contributed by atoms with van der Waals surface area (Å²) in [6.07, 6.45) is -0.979. The molecule has 0 heterocycles. The number of aliphatic hydroxyl groups excluding tert-OH is 1. The van der Waals surface area contributed by atoms with Crippen molar-refractivity contribution in [3.05, 3.63) is 29.3 Å². The quantitative estimate of drug-likeness (QED) is 0.638. The Labute approximate surface area is 125 Å². The van der Waals surface area contributed by atoms with E-state index in [0.29, 0.717) is 6.61 Å². The smallest absolute Gasteiger partial charge is 0.323 e. The molecule has 21 heavy (non-hydrogen) atoms. The van der Waals surface area contributed by atoms with E-state index in [1.165, 1.54) is 18.1 Å². The van der Waals surface area contributed by atoms with Crippen LogP contribution in [-0.4, -0.2) is 41.0 Å². The fraction of sp³-hybridized carbons (Fsp3) is 0.533. The molecule has 0 fully saturated rings. The van der Waals surface area contributed by atoms with Crippen LogP contribution in [-0.2, 0) is 4.79 Å². The number of carbonyl (C=O) groups is 1. The molecule has 1 aromatic rings. The van der Waals surface area contributed by atoms with Crippen molar-refractivity contribution in [3.63, 3.8) is 0 Å². The van der Waals surface area contributed by atoms with Gasteiger partial charge in [0.25, 0.3) is 0 Å². The van der Waals surface area contributed by atoms with E-state index in [9.17, 15) is 4.79 Å². The van der Waals surface area contributed by atoms with Gasteiger partial charge in [-0.25, -0.2) is 0 Å². The molecule has 0 aliphatic rings. The third-order valence-corrected chi connectivity index (χ3v) is 2.70. The Morgan fingerprint density at radius 3 is 2.00 bits per heavy atom. The van der Waals surface area contributed by atoms with Gasteiger partial charge in [0.05, 0.1) is 6.10 Å². The molecular formula is C15H26N2O4. The molecule has 0 radical (unpaired) electrons. The third-order valence-electron chi connectivity index (χ3n) is 2.70. The van der Waals surface area contributed by atoms with E-state index in [2.05, 4.69) is 0 Å². The number of nitrogens with two attached hydrogens (primary N) is 2. The number of carboxylic acid groups (broad SMARTS) is 1. The van der Waals surface area contributed by atoms with Crippen LogP contribution in [0.4, 0.5) is 0 Å². The standard InChI is InChI=1S/C11H17NO.C4H9NO3/c1-8-5-4-6-9(2)11(8)13-7-10(3)12;1-2(6)3(5)4(7)8/h4-6,10H,7,12H2,1-3H3;2-3,6H,5H2,1H3,(H,7,8). The lowest BCUT2D eigenvalue weighted by atomic mass is 10.1. The number of rotatable bonds is 5. The Morgan fingerprint density at radius 1 is 1.24 bits per heavy atom. The average Bonchev–Trinajstić information content (AvgIpc) is 2.37. The highest BCUT2D eigenvalue weighted by molar-refractivity contribution is 5.73. The summed E-state index contributed by atoms with van der Waals surface area (Å²) in [6.45, 7) is 7.94. The largest absolute Gasteiger partial charge is 0.491 e. The SMILES string of the molecule is CC(O)C(N)C(=O)O.Cc1cccc(C)c1OCC(C)N. The third kappa shape index (κ3) is 7.65. The van der Waals surface area contributed by atoms with Crippen LogP contribution >= 0.6 is 0 Å². The number of hydrogen-bond donors (Lipinski definition) is 4. The summed E-state index contributed by atoms with van der Waals surface area (Å²) in [5.74, 6) is -0.209. The van der Waals surface area contributed by atoms with Crippen molar-refractivity contribution in [2.75, 3.05) is 6.61 Å². The topological polar surface area (TPSA) is 119 Å². The van der Waals surface area contributed by atoms with Gasteiger partial charge in [-0.3, -0.25) is 4.79 Å². The first kappa shape index (κ1) is 19.4. The van der Waals surface area contributed by atoms with Crippen LogP contribution in [0.25, 0.3) is 0 Å². The van der Waals surface area contributed by atoms with Gasteiger partial charge < -0.3 is 26.4 Å². The molecule has 6 heteroatoms. The summed E-state index contributed by atoms with van der Waals surface area (Å²) in [6, 6.07) is 5.05. The maximum Gasteiger partial charge on any atom is 0.323 e. The molecule has 0 spiro atoms. The second-order valence-corrected chi connectivity index (χ2v) is 5.11. The normalized spacial score (nSPS) is 14.4. The van der Waals surface area contributed by atoms with Crippen LogP contribution in [0.3, 0.4) is 0 Å². The molecule has 0 saturated heterocycles. The molecule has 0 amide bonds. The zero-order valence-electron chi connectivity index (χ0n) is 13.0. The summed E-state index contributed by atoms with van der Waals surface area (Å²) >= 11 is 0. The minimum Gasteiger partial charge on any atom is -0.491 e. The fourth-order valence-corrected chi connectivity index (χ4v) is 1.45. The second-order valence-electron chi connectivity index (χ2n) is 5.11. The van der Waals surface area contributed by atoms with Gasteiger partial charge in [-0.1, -0.05) is 18.2 Å². The Hall–Kier alpha value is -1.63. The number of ether oxygens (including phenoxy) is 1. The molecule has 0 saturated carbocycles. The van der Waals surface area contributed by atoms with E-state index in [0.717, 1.165) is 5.75 Å². The highest BCUT2D eigenvalue weighted by Gasteiger charge is 2.16. The van der Waals surface area contributed by atoms with Crippen molar-refractivity contribution in [2.45, 2.75) is 45.9 Å². The minimum absolute atomic E-state index is 0.0824. The van der Waals surface area contributed by atoms with E-state index < -0.39 is 18.1 Å². The second kappa shape index (κ2) is 9.33. The number of para-hydroxylation sites is 1. The first-order chi connectivity index (χ1) is 9.66. The summed E-state index contributed by atoms with van der Waals surface area (Å²) in [4.78, 5) is 9.86. The van der Waals surface area contributed by atoms with Gasteiger partial charge in [-0.05, 0) is 38.8 Å². The monoisotopic (exact) mass is 298 g/mol. The predicted molar refractivity (Wildman–Crippen MR) is 82.4 cm³/mol. The zero-order chi connectivity index (χ0) is 16.6. The van der Waals surface area contributed by atoms with E-state index in [1.807, 2.05) is 39.0 Å². The number of aliphatic carboxylic acids is 1. The summed E-state index contributed by atoms with van der Waals surface area (Å²) in [7, 11) is 0. The van der Waals surface area contributed by atoms with E-state index in [1.54, 1.807) is 0 Å². The van der Waals surface area contributed by atoms with Crippen molar-refractivity contribution >= 4 is 5.97 Å². The van der Waals surface area contributed by atoms with Crippen molar-refractivity contribution in [3.8, 4) is 5.75 Å². The van der Waals surface area contributed by atoms with Crippen molar-refractivity contribution in [1.82, 2.24) is 0 Å². The molecule has 6 nitrogen and oxygen atoms in total. The van der Waals surface area contributed by atoms with Gasteiger partial charge in [0.2, 0.25) is 0 Å². The fourth-order valence-electron chi connectivity index (χ4n) is 1.45. The van der Waals surface area contributed by atoms with Crippen LogP contribution in [0.5, 0.6) is 5.75 Å². The first-order valence-electron chi connectivity index (χ1n) is 6.77. The Morgan fingerprint density at radius 2 is 1.71 bits per heavy atom. The molecule has 6 N–H and O–H groups in total. The van der Waals surface area contributed by atoms with Gasteiger partial charge in [0.1, 0.15) is 18.4 Å². The number of aryl methyl sites for hydroxylation is 2. The van der Waals surface area contributed by atoms with Crippen LogP contribution in [0.2, 0.25) is 0 Å². The summed E-state index contributed by atoms with van der Waals surface area (Å²) in [5.41, 5.74) is 12.9. The molecule has 120 valence electrons. The molecule has 1 rings (SSSR count). The Balaban J connectivity index is 0.000000433. The molecule has 0 bridgehead atoms. The van der Waals surface area contributed by atoms with Gasteiger partial charge in [0, 0.05) is 6.04 Å². The maximum atomic E-state index is 9.86. The molecule has 0 aliphatic carbocycles. The molecule has 3 unspecified atom stereocenters. The van der Waals surface area contributed by atoms with E-state index in [4.69, 9.17) is 26.4 Å². The molecule has 1 aromatic carbocycles.